The third kappa shape index (κ3) is 4.34. The second-order valence-corrected chi connectivity index (χ2v) is 4.77. The summed E-state index contributed by atoms with van der Waals surface area (Å²) in [5.41, 5.74) is 5.79. The van der Waals surface area contributed by atoms with Gasteiger partial charge in [-0.2, -0.15) is 0 Å². The zero-order valence-electron chi connectivity index (χ0n) is 10.7. The highest BCUT2D eigenvalue weighted by molar-refractivity contribution is 5.82. The number of rotatable bonds is 5. The van der Waals surface area contributed by atoms with Crippen LogP contribution in [0.15, 0.2) is 0 Å². The summed E-state index contributed by atoms with van der Waals surface area (Å²) in [6, 6.07) is -0.365. The minimum absolute atomic E-state index is 0.0536. The Bertz CT molecular complexity index is 281. The molecule has 0 bridgehead atoms. The van der Waals surface area contributed by atoms with E-state index in [2.05, 4.69) is 12.2 Å². The Morgan fingerprint density at radius 1 is 1.65 bits per heavy atom. The van der Waals surface area contributed by atoms with E-state index in [0.29, 0.717) is 13.0 Å². The van der Waals surface area contributed by atoms with E-state index < -0.39 is 6.04 Å². The molecule has 0 spiro atoms. The first-order valence-electron chi connectivity index (χ1n) is 6.34. The minimum atomic E-state index is -0.419. The number of likely N-dealkylation sites (N-methyl/N-ethyl adjacent to an activating group) is 1. The molecular formula is C12H23N3O2. The second-order valence-electron chi connectivity index (χ2n) is 4.77. The van der Waals surface area contributed by atoms with Gasteiger partial charge in [0.25, 0.3) is 0 Å². The summed E-state index contributed by atoms with van der Waals surface area (Å²) in [5, 5.41) is 2.92. The molecule has 0 aromatic rings. The van der Waals surface area contributed by atoms with Crippen molar-refractivity contribution in [3.05, 3.63) is 0 Å². The molecule has 0 radical (unpaired) electrons. The van der Waals surface area contributed by atoms with Crippen LogP contribution in [-0.4, -0.2) is 42.4 Å². The van der Waals surface area contributed by atoms with Crippen LogP contribution in [0.5, 0.6) is 0 Å². The number of hydrogen-bond acceptors (Lipinski definition) is 3. The van der Waals surface area contributed by atoms with Gasteiger partial charge in [-0.1, -0.05) is 19.8 Å². The van der Waals surface area contributed by atoms with Crippen LogP contribution in [-0.2, 0) is 9.59 Å². The molecule has 1 saturated heterocycles. The third-order valence-electron chi connectivity index (χ3n) is 3.18. The highest BCUT2D eigenvalue weighted by atomic mass is 16.2. The highest BCUT2D eigenvalue weighted by Gasteiger charge is 2.25. The van der Waals surface area contributed by atoms with Crippen molar-refractivity contribution in [2.75, 3.05) is 13.6 Å². The van der Waals surface area contributed by atoms with Crippen LogP contribution in [0, 0.1) is 0 Å². The first-order valence-corrected chi connectivity index (χ1v) is 6.34. The molecule has 5 heteroatoms. The summed E-state index contributed by atoms with van der Waals surface area (Å²) in [6.45, 7) is 2.66. The van der Waals surface area contributed by atoms with E-state index in [0.717, 1.165) is 25.7 Å². The predicted octanol–water partition coefficient (Wildman–Crippen LogP) is 0.241. The summed E-state index contributed by atoms with van der Waals surface area (Å²) in [5.74, 6) is 0.0528. The van der Waals surface area contributed by atoms with Crippen molar-refractivity contribution in [3.63, 3.8) is 0 Å². The first kappa shape index (κ1) is 14.0. The number of unbranched alkanes of at least 4 members (excludes halogenated alkanes) is 1. The topological polar surface area (TPSA) is 75.4 Å². The molecule has 3 N–H and O–H groups in total. The van der Waals surface area contributed by atoms with Gasteiger partial charge in [0.2, 0.25) is 11.8 Å². The van der Waals surface area contributed by atoms with Crippen LogP contribution >= 0.6 is 0 Å². The van der Waals surface area contributed by atoms with Crippen LogP contribution in [0.3, 0.4) is 0 Å². The largest absolute Gasteiger partial charge is 0.350 e. The molecule has 1 aliphatic heterocycles. The van der Waals surface area contributed by atoms with E-state index in [1.807, 2.05) is 0 Å². The van der Waals surface area contributed by atoms with Crippen molar-refractivity contribution in [1.82, 2.24) is 10.2 Å². The lowest BCUT2D eigenvalue weighted by molar-refractivity contribution is -0.134. The summed E-state index contributed by atoms with van der Waals surface area (Å²) in [7, 11) is 1.76. The van der Waals surface area contributed by atoms with Crippen LogP contribution in [0.4, 0.5) is 0 Å². The maximum atomic E-state index is 11.8. The van der Waals surface area contributed by atoms with Gasteiger partial charge >= 0.3 is 0 Å². The molecule has 0 saturated carbocycles. The van der Waals surface area contributed by atoms with E-state index in [4.69, 9.17) is 5.73 Å². The van der Waals surface area contributed by atoms with Crippen molar-refractivity contribution < 1.29 is 9.59 Å². The first-order chi connectivity index (χ1) is 8.04. The fourth-order valence-electron chi connectivity index (χ4n) is 1.99. The monoisotopic (exact) mass is 241 g/mol. The molecule has 1 unspecified atom stereocenters. The van der Waals surface area contributed by atoms with E-state index in [1.165, 1.54) is 0 Å². The van der Waals surface area contributed by atoms with E-state index >= 15 is 0 Å². The summed E-state index contributed by atoms with van der Waals surface area (Å²) < 4.78 is 0. The normalized spacial score (nSPS) is 22.4. The van der Waals surface area contributed by atoms with E-state index in [9.17, 15) is 9.59 Å². The average Bonchev–Trinajstić information content (AvgIpc) is 2.30. The Hall–Kier alpha value is -1.10. The number of likely N-dealkylation sites (tertiary alicyclic amines) is 1. The fourth-order valence-corrected chi connectivity index (χ4v) is 1.99. The summed E-state index contributed by atoms with van der Waals surface area (Å²) in [4.78, 5) is 24.7. The molecule has 17 heavy (non-hydrogen) atoms. The molecule has 2 amide bonds. The van der Waals surface area contributed by atoms with Gasteiger partial charge in [-0.3, -0.25) is 9.59 Å². The number of nitrogens with one attached hydrogen (secondary N) is 1. The van der Waals surface area contributed by atoms with Gasteiger partial charge in [-0.05, 0) is 12.8 Å². The van der Waals surface area contributed by atoms with Crippen molar-refractivity contribution in [2.24, 2.45) is 5.73 Å². The van der Waals surface area contributed by atoms with Crippen LogP contribution in [0.2, 0.25) is 0 Å². The van der Waals surface area contributed by atoms with Gasteiger partial charge < -0.3 is 16.0 Å². The molecule has 0 aliphatic carbocycles. The van der Waals surface area contributed by atoms with Gasteiger partial charge in [0.05, 0.1) is 6.04 Å². The molecular weight excluding hydrogens is 218 g/mol. The summed E-state index contributed by atoms with van der Waals surface area (Å²) >= 11 is 0. The number of piperidine rings is 1. The zero-order chi connectivity index (χ0) is 12.8. The Morgan fingerprint density at radius 3 is 2.94 bits per heavy atom. The van der Waals surface area contributed by atoms with Gasteiger partial charge in [0.1, 0.15) is 0 Å². The molecule has 2 atom stereocenters. The maximum Gasteiger partial charge on any atom is 0.237 e. The number of nitrogens with two attached hydrogens (primary N) is 1. The van der Waals surface area contributed by atoms with Crippen LogP contribution in [0.1, 0.15) is 39.0 Å². The Labute approximate surface area is 103 Å². The molecule has 0 aromatic heterocycles. The fraction of sp³-hybridized carbons (Fsp3) is 0.833. The predicted molar refractivity (Wildman–Crippen MR) is 66.3 cm³/mol. The van der Waals surface area contributed by atoms with E-state index in [1.54, 1.807) is 11.9 Å². The lowest BCUT2D eigenvalue weighted by Gasteiger charge is -2.30. The second kappa shape index (κ2) is 6.59. The molecule has 1 fully saturated rings. The standard InChI is InChI=1S/C12H23N3O2/c1-3-4-5-10(13)12(17)14-9-6-7-11(16)15(2)8-9/h9-10H,3-8,13H2,1-2H3,(H,14,17)/t9?,10-/m0/s1. The van der Waals surface area contributed by atoms with Gasteiger partial charge in [0, 0.05) is 26.1 Å². The van der Waals surface area contributed by atoms with Gasteiger partial charge in [-0.25, -0.2) is 0 Å². The van der Waals surface area contributed by atoms with Crippen molar-refractivity contribution in [3.8, 4) is 0 Å². The summed E-state index contributed by atoms with van der Waals surface area (Å²) in [6.07, 6.45) is 3.96. The lowest BCUT2D eigenvalue weighted by Crippen LogP contribution is -2.52. The zero-order valence-corrected chi connectivity index (χ0v) is 10.7. The Morgan fingerprint density at radius 2 is 2.35 bits per heavy atom. The number of amides is 2. The quantitative estimate of drug-likeness (QED) is 0.724. The van der Waals surface area contributed by atoms with Crippen LogP contribution in [0.25, 0.3) is 0 Å². The highest BCUT2D eigenvalue weighted by Crippen LogP contribution is 2.10. The van der Waals surface area contributed by atoms with Gasteiger partial charge in [-0.15, -0.1) is 0 Å². The number of carbonyl (C=O) groups excluding carboxylic acids is 2. The molecule has 98 valence electrons. The number of hydrogen-bond donors (Lipinski definition) is 2. The van der Waals surface area contributed by atoms with Crippen molar-refractivity contribution in [2.45, 2.75) is 51.1 Å². The molecule has 5 nitrogen and oxygen atoms in total. The van der Waals surface area contributed by atoms with Crippen LogP contribution < -0.4 is 11.1 Å². The third-order valence-corrected chi connectivity index (χ3v) is 3.18. The lowest BCUT2D eigenvalue weighted by atomic mass is 10.0. The molecule has 1 aliphatic rings. The van der Waals surface area contributed by atoms with E-state index in [-0.39, 0.29) is 17.9 Å². The maximum absolute atomic E-state index is 11.8. The van der Waals surface area contributed by atoms with Gasteiger partial charge in [0.15, 0.2) is 0 Å². The number of nitrogens with zero attached hydrogens (tertiary/aromatic N) is 1. The molecule has 0 aromatic carbocycles. The smallest absolute Gasteiger partial charge is 0.237 e. The van der Waals surface area contributed by atoms with Crippen molar-refractivity contribution in [1.29, 1.82) is 0 Å². The average molecular weight is 241 g/mol. The minimum Gasteiger partial charge on any atom is -0.350 e. The molecule has 1 heterocycles. The molecule has 1 rings (SSSR count). The Balaban J connectivity index is 2.33. The SMILES string of the molecule is CCCC[C@H](N)C(=O)NC1CCC(=O)N(C)C1. The van der Waals surface area contributed by atoms with Crippen molar-refractivity contribution >= 4 is 11.8 Å². The number of carbonyl (C=O) groups is 2. The Kier molecular flexibility index (Phi) is 5.41.